The average molecular weight is 326 g/mol. The second-order valence-electron chi connectivity index (χ2n) is 4.32. The number of hydrogen-bond acceptors (Lipinski definition) is 3. The summed E-state index contributed by atoms with van der Waals surface area (Å²) in [6.07, 6.45) is -0.0979. The highest BCUT2D eigenvalue weighted by atomic mass is 79.9. The van der Waals surface area contributed by atoms with Crippen molar-refractivity contribution in [2.45, 2.75) is 26.0 Å². The van der Waals surface area contributed by atoms with Gasteiger partial charge in [0, 0.05) is 15.4 Å². The lowest BCUT2D eigenvalue weighted by atomic mass is 10.1. The SMILES string of the molecule is Cc1ccsc1C(Oc1cccc(Br)c1)C(C)N. The third-order valence-electron chi connectivity index (χ3n) is 2.70. The van der Waals surface area contributed by atoms with Crippen LogP contribution in [-0.4, -0.2) is 6.04 Å². The van der Waals surface area contributed by atoms with Gasteiger partial charge in [0.15, 0.2) is 0 Å². The Bertz CT molecular complexity index is 524. The zero-order valence-electron chi connectivity index (χ0n) is 10.4. The highest BCUT2D eigenvalue weighted by Crippen LogP contribution is 2.31. The molecule has 0 fully saturated rings. The van der Waals surface area contributed by atoms with E-state index in [9.17, 15) is 0 Å². The number of nitrogens with two attached hydrogens (primary N) is 1. The molecule has 0 amide bonds. The van der Waals surface area contributed by atoms with Crippen molar-refractivity contribution in [2.24, 2.45) is 5.73 Å². The minimum Gasteiger partial charge on any atom is -0.483 e. The van der Waals surface area contributed by atoms with Crippen molar-refractivity contribution in [3.8, 4) is 5.75 Å². The molecule has 0 saturated carbocycles. The van der Waals surface area contributed by atoms with Crippen LogP contribution < -0.4 is 10.5 Å². The first-order valence-electron chi connectivity index (χ1n) is 5.79. The van der Waals surface area contributed by atoms with Gasteiger partial charge in [-0.2, -0.15) is 0 Å². The zero-order chi connectivity index (χ0) is 13.1. The summed E-state index contributed by atoms with van der Waals surface area (Å²) < 4.78 is 7.04. The molecule has 0 radical (unpaired) electrons. The van der Waals surface area contributed by atoms with E-state index in [1.54, 1.807) is 11.3 Å². The largest absolute Gasteiger partial charge is 0.483 e. The van der Waals surface area contributed by atoms with E-state index < -0.39 is 0 Å². The lowest BCUT2D eigenvalue weighted by Gasteiger charge is -2.22. The van der Waals surface area contributed by atoms with Crippen molar-refractivity contribution >= 4 is 27.3 Å². The molecule has 0 aliphatic carbocycles. The van der Waals surface area contributed by atoms with Gasteiger partial charge in [0.1, 0.15) is 11.9 Å². The highest BCUT2D eigenvalue weighted by Gasteiger charge is 2.21. The average Bonchev–Trinajstić information content (AvgIpc) is 2.72. The maximum absolute atomic E-state index is 6.05. The van der Waals surface area contributed by atoms with Crippen molar-refractivity contribution < 1.29 is 4.74 Å². The second kappa shape index (κ2) is 5.87. The van der Waals surface area contributed by atoms with E-state index >= 15 is 0 Å². The Morgan fingerprint density at radius 3 is 2.67 bits per heavy atom. The molecule has 4 heteroatoms. The molecule has 0 aliphatic heterocycles. The number of rotatable bonds is 4. The number of hydrogen-bond donors (Lipinski definition) is 1. The number of benzene rings is 1. The van der Waals surface area contributed by atoms with E-state index in [2.05, 4.69) is 34.3 Å². The molecule has 2 unspecified atom stereocenters. The lowest BCUT2D eigenvalue weighted by Crippen LogP contribution is -2.28. The van der Waals surface area contributed by atoms with Crippen molar-refractivity contribution in [3.05, 3.63) is 50.6 Å². The zero-order valence-corrected chi connectivity index (χ0v) is 12.8. The standard InChI is InChI=1S/C14H16BrNOS/c1-9-6-7-18-14(9)13(10(2)16)17-12-5-3-4-11(15)8-12/h3-8,10,13H,16H2,1-2H3. The normalized spacial score (nSPS) is 14.2. The van der Waals surface area contributed by atoms with Gasteiger partial charge in [-0.25, -0.2) is 0 Å². The Morgan fingerprint density at radius 2 is 2.11 bits per heavy atom. The fraction of sp³-hybridized carbons (Fsp3) is 0.286. The molecule has 2 rings (SSSR count). The molecular formula is C14H16BrNOS. The minimum atomic E-state index is -0.0979. The van der Waals surface area contributed by atoms with E-state index in [1.807, 2.05) is 31.2 Å². The smallest absolute Gasteiger partial charge is 0.148 e. The lowest BCUT2D eigenvalue weighted by molar-refractivity contribution is 0.183. The quantitative estimate of drug-likeness (QED) is 0.910. The molecule has 2 atom stereocenters. The molecule has 2 nitrogen and oxygen atoms in total. The fourth-order valence-electron chi connectivity index (χ4n) is 1.76. The summed E-state index contributed by atoms with van der Waals surface area (Å²) in [6, 6.07) is 9.88. The first-order valence-corrected chi connectivity index (χ1v) is 7.47. The van der Waals surface area contributed by atoms with Crippen LogP contribution in [0.5, 0.6) is 5.75 Å². The van der Waals surface area contributed by atoms with E-state index in [0.29, 0.717) is 0 Å². The second-order valence-corrected chi connectivity index (χ2v) is 6.19. The van der Waals surface area contributed by atoms with E-state index in [4.69, 9.17) is 10.5 Å². The predicted octanol–water partition coefficient (Wildman–Crippen LogP) is 4.29. The molecule has 0 saturated heterocycles. The van der Waals surface area contributed by atoms with Crippen LogP contribution in [0.1, 0.15) is 23.5 Å². The van der Waals surface area contributed by atoms with Crippen LogP contribution in [0, 0.1) is 6.92 Å². The van der Waals surface area contributed by atoms with Crippen molar-refractivity contribution in [2.75, 3.05) is 0 Å². The Hall–Kier alpha value is -0.840. The highest BCUT2D eigenvalue weighted by molar-refractivity contribution is 9.10. The van der Waals surface area contributed by atoms with Crippen molar-refractivity contribution in [1.29, 1.82) is 0 Å². The third-order valence-corrected chi connectivity index (χ3v) is 4.27. The monoisotopic (exact) mass is 325 g/mol. The van der Waals surface area contributed by atoms with Gasteiger partial charge in [0.05, 0.1) is 0 Å². The molecule has 0 bridgehead atoms. The maximum Gasteiger partial charge on any atom is 0.148 e. The summed E-state index contributed by atoms with van der Waals surface area (Å²) in [7, 11) is 0. The van der Waals surface area contributed by atoms with Crippen molar-refractivity contribution in [1.82, 2.24) is 0 Å². The first-order chi connectivity index (χ1) is 8.58. The van der Waals surface area contributed by atoms with Gasteiger partial charge in [-0.3, -0.25) is 0 Å². The van der Waals surface area contributed by atoms with Crippen LogP contribution in [0.4, 0.5) is 0 Å². The Morgan fingerprint density at radius 1 is 1.33 bits per heavy atom. The fourth-order valence-corrected chi connectivity index (χ4v) is 3.21. The number of aryl methyl sites for hydroxylation is 1. The molecular weight excluding hydrogens is 310 g/mol. The molecule has 2 aromatic rings. The molecule has 18 heavy (non-hydrogen) atoms. The molecule has 0 aliphatic rings. The molecule has 1 aromatic carbocycles. The van der Waals surface area contributed by atoms with Gasteiger partial charge in [0.2, 0.25) is 0 Å². The maximum atomic E-state index is 6.05. The Kier molecular flexibility index (Phi) is 4.43. The van der Waals surface area contributed by atoms with Crippen LogP contribution in [0.3, 0.4) is 0 Å². The summed E-state index contributed by atoms with van der Waals surface area (Å²) in [5.41, 5.74) is 7.29. The van der Waals surface area contributed by atoms with E-state index in [0.717, 1.165) is 10.2 Å². The van der Waals surface area contributed by atoms with Gasteiger partial charge in [-0.05, 0) is 49.1 Å². The third kappa shape index (κ3) is 3.13. The van der Waals surface area contributed by atoms with Crippen LogP contribution in [-0.2, 0) is 0 Å². The Labute approximate surface area is 120 Å². The van der Waals surface area contributed by atoms with Crippen molar-refractivity contribution in [3.63, 3.8) is 0 Å². The van der Waals surface area contributed by atoms with Crippen LogP contribution in [0.25, 0.3) is 0 Å². The topological polar surface area (TPSA) is 35.2 Å². The number of halogens is 1. The van der Waals surface area contributed by atoms with Gasteiger partial charge in [-0.1, -0.05) is 22.0 Å². The molecule has 2 N–H and O–H groups in total. The summed E-state index contributed by atoms with van der Waals surface area (Å²) in [4.78, 5) is 1.20. The molecule has 1 heterocycles. The summed E-state index contributed by atoms with van der Waals surface area (Å²) >= 11 is 5.14. The van der Waals surface area contributed by atoms with Gasteiger partial charge in [0.25, 0.3) is 0 Å². The Balaban J connectivity index is 2.25. The van der Waals surface area contributed by atoms with Crippen LogP contribution in [0.2, 0.25) is 0 Å². The first kappa shape index (κ1) is 13.6. The molecule has 96 valence electrons. The van der Waals surface area contributed by atoms with E-state index in [1.165, 1.54) is 10.4 Å². The van der Waals surface area contributed by atoms with Crippen LogP contribution >= 0.6 is 27.3 Å². The number of ether oxygens (including phenoxy) is 1. The van der Waals surface area contributed by atoms with Gasteiger partial charge >= 0.3 is 0 Å². The molecule has 0 spiro atoms. The number of thiophene rings is 1. The van der Waals surface area contributed by atoms with Gasteiger partial charge in [-0.15, -0.1) is 11.3 Å². The van der Waals surface area contributed by atoms with Gasteiger partial charge < -0.3 is 10.5 Å². The summed E-state index contributed by atoms with van der Waals surface area (Å²) in [5.74, 6) is 0.833. The van der Waals surface area contributed by atoms with Crippen LogP contribution in [0.15, 0.2) is 40.2 Å². The summed E-state index contributed by atoms with van der Waals surface area (Å²) in [6.45, 7) is 4.06. The predicted molar refractivity (Wildman–Crippen MR) is 80.2 cm³/mol. The minimum absolute atomic E-state index is 0.0543. The molecule has 1 aromatic heterocycles. The van der Waals surface area contributed by atoms with E-state index in [-0.39, 0.29) is 12.1 Å². The summed E-state index contributed by atoms with van der Waals surface area (Å²) in [5, 5.41) is 2.07.